The molecule has 13 heteroatoms. The first kappa shape index (κ1) is 29.1. The van der Waals surface area contributed by atoms with E-state index in [9.17, 15) is 22.4 Å². The summed E-state index contributed by atoms with van der Waals surface area (Å²) in [5.74, 6) is -1.64. The molecule has 4 aromatic rings. The van der Waals surface area contributed by atoms with Crippen molar-refractivity contribution in [1.29, 1.82) is 0 Å². The van der Waals surface area contributed by atoms with Gasteiger partial charge in [-0.05, 0) is 71.4 Å². The van der Waals surface area contributed by atoms with E-state index in [2.05, 4.69) is 31.2 Å². The minimum absolute atomic E-state index is 0.00549. The van der Waals surface area contributed by atoms with E-state index in [1.807, 2.05) is 18.7 Å². The topological polar surface area (TPSA) is 63.1 Å². The highest BCUT2D eigenvalue weighted by atomic mass is 79.9. The number of hydrogen-bond acceptors (Lipinski definition) is 5. The number of benzene rings is 2. The first-order chi connectivity index (χ1) is 19.9. The largest absolute Gasteiger partial charge is 0.416 e. The standard InChI is InChI=1S/C29H27BrF5N5OS/c1-15-11-39(12-16(2)37-15)27-20-7-19(29(33,34)35)8-25-26(20)40(28(41)38-27)13-18(17-3-5-36-6-4-17)14-42(25)24-9-21(30)22(31)10-23(24)32/h3-10,15-16,18,37,42H,11-14H2,1-2H3/t15-,16+,18?. The van der Waals surface area contributed by atoms with Gasteiger partial charge in [-0.25, -0.2) is 13.6 Å². The Morgan fingerprint density at radius 1 is 0.976 bits per heavy atom. The lowest BCUT2D eigenvalue weighted by atomic mass is 10.0. The van der Waals surface area contributed by atoms with Crippen molar-refractivity contribution >= 4 is 43.5 Å². The van der Waals surface area contributed by atoms with Crippen LogP contribution in [0.4, 0.5) is 27.8 Å². The number of alkyl halides is 3. The highest BCUT2D eigenvalue weighted by Crippen LogP contribution is 2.55. The number of nitrogens with one attached hydrogen (secondary N) is 1. The molecule has 0 aliphatic carbocycles. The van der Waals surface area contributed by atoms with E-state index >= 15 is 4.39 Å². The van der Waals surface area contributed by atoms with Crippen LogP contribution in [0.2, 0.25) is 0 Å². The summed E-state index contributed by atoms with van der Waals surface area (Å²) in [6, 6.07) is 7.70. The second-order valence-corrected chi connectivity index (χ2v) is 13.9. The molecule has 1 N–H and O–H groups in total. The number of hydrogen-bond donors (Lipinski definition) is 2. The molecular weight excluding hydrogens is 641 g/mol. The van der Waals surface area contributed by atoms with E-state index in [0.717, 1.165) is 23.8 Å². The van der Waals surface area contributed by atoms with Gasteiger partial charge in [-0.3, -0.25) is 9.55 Å². The molecule has 4 atom stereocenters. The summed E-state index contributed by atoms with van der Waals surface area (Å²) in [4.78, 5) is 24.3. The van der Waals surface area contributed by atoms with Gasteiger partial charge in [-0.2, -0.15) is 29.1 Å². The second kappa shape index (κ2) is 10.9. The number of anilines is 1. The van der Waals surface area contributed by atoms with Crippen molar-refractivity contribution in [3.63, 3.8) is 0 Å². The van der Waals surface area contributed by atoms with Crippen LogP contribution >= 0.6 is 26.8 Å². The van der Waals surface area contributed by atoms with Gasteiger partial charge < -0.3 is 10.2 Å². The lowest BCUT2D eigenvalue weighted by Crippen LogP contribution is -2.55. The zero-order chi connectivity index (χ0) is 29.9. The Labute approximate surface area is 249 Å². The Morgan fingerprint density at radius 2 is 1.67 bits per heavy atom. The van der Waals surface area contributed by atoms with Crippen molar-refractivity contribution in [2.24, 2.45) is 0 Å². The fraction of sp³-hybridized carbons (Fsp3) is 0.345. The zero-order valence-corrected chi connectivity index (χ0v) is 25.1. The Bertz CT molecular complexity index is 1720. The van der Waals surface area contributed by atoms with Gasteiger partial charge in [0.15, 0.2) is 0 Å². The van der Waals surface area contributed by atoms with Crippen molar-refractivity contribution in [1.82, 2.24) is 19.9 Å². The van der Waals surface area contributed by atoms with Gasteiger partial charge in [-0.1, -0.05) is 0 Å². The minimum atomic E-state index is -4.72. The van der Waals surface area contributed by atoms with Crippen molar-refractivity contribution < 1.29 is 22.0 Å². The molecular formula is C29H27BrF5N5OS. The fourth-order valence-corrected chi connectivity index (χ4v) is 9.39. The van der Waals surface area contributed by atoms with Gasteiger partial charge in [0.25, 0.3) is 0 Å². The van der Waals surface area contributed by atoms with E-state index in [1.54, 1.807) is 24.5 Å². The summed E-state index contributed by atoms with van der Waals surface area (Å²) >= 11 is 3.13. The molecule has 0 saturated carbocycles. The quantitative estimate of drug-likeness (QED) is 0.154. The molecule has 6 rings (SSSR count). The van der Waals surface area contributed by atoms with Crippen LogP contribution < -0.4 is 15.9 Å². The predicted molar refractivity (Wildman–Crippen MR) is 157 cm³/mol. The number of nitrogens with zero attached hydrogens (tertiary/aromatic N) is 4. The summed E-state index contributed by atoms with van der Waals surface area (Å²) in [7, 11) is -1.84. The van der Waals surface area contributed by atoms with E-state index in [-0.39, 0.29) is 55.8 Å². The SMILES string of the molecule is C[C@@H]1CN(c2nc(=O)n3c4c(cc(C(F)(F)F)cc24)[SH](c2cc(Br)c(F)cc2F)CC(c2ccncc2)C3)C[C@H](C)N1. The van der Waals surface area contributed by atoms with Crippen LogP contribution in [0.5, 0.6) is 0 Å². The average molecular weight is 669 g/mol. The molecule has 2 aromatic carbocycles. The third-order valence-electron chi connectivity index (χ3n) is 7.77. The minimum Gasteiger partial charge on any atom is -0.353 e. The average Bonchev–Trinajstić information content (AvgIpc) is 3.10. The fourth-order valence-electron chi connectivity index (χ4n) is 6.05. The van der Waals surface area contributed by atoms with Gasteiger partial charge in [0.1, 0.15) is 17.5 Å². The third kappa shape index (κ3) is 5.30. The lowest BCUT2D eigenvalue weighted by Gasteiger charge is -2.37. The summed E-state index contributed by atoms with van der Waals surface area (Å²) in [6.45, 7) is 4.92. The maximum absolute atomic E-state index is 15.5. The molecule has 0 amide bonds. The van der Waals surface area contributed by atoms with Crippen LogP contribution in [0.15, 0.2) is 67.9 Å². The van der Waals surface area contributed by atoms with Crippen molar-refractivity contribution in [3.8, 4) is 0 Å². The molecule has 2 aliphatic rings. The molecule has 0 bridgehead atoms. The normalized spacial score (nSPS) is 23.7. The third-order valence-corrected chi connectivity index (χ3v) is 11.0. The number of aromatic nitrogens is 3. The van der Waals surface area contributed by atoms with Crippen molar-refractivity contribution in [2.75, 3.05) is 23.7 Å². The van der Waals surface area contributed by atoms with Gasteiger partial charge >= 0.3 is 11.9 Å². The molecule has 1 fully saturated rings. The Morgan fingerprint density at radius 3 is 2.33 bits per heavy atom. The molecule has 4 heterocycles. The monoisotopic (exact) mass is 667 g/mol. The smallest absolute Gasteiger partial charge is 0.353 e. The Kier molecular flexibility index (Phi) is 7.55. The molecule has 42 heavy (non-hydrogen) atoms. The summed E-state index contributed by atoms with van der Waals surface area (Å²) < 4.78 is 74.6. The van der Waals surface area contributed by atoms with Crippen LogP contribution in [-0.2, 0) is 12.7 Å². The van der Waals surface area contributed by atoms with Crippen LogP contribution in [0.3, 0.4) is 0 Å². The summed E-state index contributed by atoms with van der Waals surface area (Å²) in [5.41, 5.74) is -0.392. The first-order valence-electron chi connectivity index (χ1n) is 13.4. The van der Waals surface area contributed by atoms with E-state index in [1.165, 1.54) is 10.6 Å². The van der Waals surface area contributed by atoms with Gasteiger partial charge in [0.05, 0.1) is 15.6 Å². The van der Waals surface area contributed by atoms with E-state index in [4.69, 9.17) is 0 Å². The van der Waals surface area contributed by atoms with Crippen molar-refractivity contribution in [3.05, 3.63) is 86.5 Å². The molecule has 222 valence electrons. The van der Waals surface area contributed by atoms with Gasteiger partial charge in [0, 0.05) is 71.3 Å². The van der Waals surface area contributed by atoms with Gasteiger partial charge in [-0.15, -0.1) is 0 Å². The molecule has 6 nitrogen and oxygen atoms in total. The molecule has 0 spiro atoms. The maximum Gasteiger partial charge on any atom is 0.416 e. The second-order valence-electron chi connectivity index (χ2n) is 10.9. The first-order valence-corrected chi connectivity index (χ1v) is 15.7. The van der Waals surface area contributed by atoms with E-state index in [0.29, 0.717) is 18.6 Å². The highest BCUT2D eigenvalue weighted by molar-refractivity contribution is 9.10. The van der Waals surface area contributed by atoms with Crippen LogP contribution in [-0.4, -0.2) is 45.5 Å². The molecule has 1 saturated heterocycles. The lowest BCUT2D eigenvalue weighted by molar-refractivity contribution is -0.137. The Hall–Kier alpha value is -3.03. The van der Waals surface area contributed by atoms with Crippen LogP contribution in [0, 0.1) is 11.6 Å². The summed E-state index contributed by atoms with van der Waals surface area (Å²) in [6.07, 6.45) is -1.52. The zero-order valence-electron chi connectivity index (χ0n) is 22.6. The number of pyridine rings is 1. The number of rotatable bonds is 3. The van der Waals surface area contributed by atoms with Crippen molar-refractivity contribution in [2.45, 2.75) is 54.4 Å². The van der Waals surface area contributed by atoms with E-state index < -0.39 is 40.0 Å². The van der Waals surface area contributed by atoms with Crippen LogP contribution in [0.25, 0.3) is 10.9 Å². The molecule has 0 radical (unpaired) electrons. The highest BCUT2D eigenvalue weighted by Gasteiger charge is 2.37. The maximum atomic E-state index is 15.5. The summed E-state index contributed by atoms with van der Waals surface area (Å²) in [5, 5.41) is 3.57. The Balaban J connectivity index is 1.69. The molecule has 2 aliphatic heterocycles. The number of thiol groups is 1. The van der Waals surface area contributed by atoms with Gasteiger partial charge in [0.2, 0.25) is 0 Å². The van der Waals surface area contributed by atoms with Crippen LogP contribution in [0.1, 0.15) is 30.9 Å². The molecule has 2 aromatic heterocycles. The molecule has 2 unspecified atom stereocenters. The predicted octanol–water partition coefficient (Wildman–Crippen LogP) is 6.25. The number of piperazine rings is 1. The number of halogens is 6.